The molecule has 2 rings (SSSR count). The summed E-state index contributed by atoms with van der Waals surface area (Å²) in [6, 6.07) is 12.3. The van der Waals surface area contributed by atoms with Crippen LogP contribution < -0.4 is 0 Å². The van der Waals surface area contributed by atoms with Crippen molar-refractivity contribution in [2.24, 2.45) is 5.92 Å². The third-order valence-electron chi connectivity index (χ3n) is 3.90. The third kappa shape index (κ3) is 4.24. The SMILES string of the molecule is CC(C)(C)OC(=O)N1CCC(CC#N)CC1c1ccccc1. The maximum Gasteiger partial charge on any atom is 0.410 e. The Balaban J connectivity index is 2.20. The van der Waals surface area contributed by atoms with Gasteiger partial charge in [-0.05, 0) is 45.1 Å². The summed E-state index contributed by atoms with van der Waals surface area (Å²) in [5, 5.41) is 8.95. The van der Waals surface area contributed by atoms with E-state index in [9.17, 15) is 4.79 Å². The third-order valence-corrected chi connectivity index (χ3v) is 3.90. The molecule has 0 N–H and O–H groups in total. The first-order valence-electron chi connectivity index (χ1n) is 7.82. The zero-order chi connectivity index (χ0) is 16.2. The Kier molecular flexibility index (Phi) is 5.07. The van der Waals surface area contributed by atoms with Gasteiger partial charge >= 0.3 is 6.09 Å². The molecule has 0 radical (unpaired) electrons. The molecule has 1 aromatic carbocycles. The summed E-state index contributed by atoms with van der Waals surface area (Å²) < 4.78 is 5.55. The van der Waals surface area contributed by atoms with Crippen LogP contribution in [-0.4, -0.2) is 23.1 Å². The Labute approximate surface area is 132 Å². The molecular weight excluding hydrogens is 276 g/mol. The van der Waals surface area contributed by atoms with E-state index >= 15 is 0 Å². The molecule has 1 fully saturated rings. The number of rotatable bonds is 2. The van der Waals surface area contributed by atoms with Crippen molar-refractivity contribution in [1.29, 1.82) is 5.26 Å². The molecule has 0 aliphatic carbocycles. The minimum absolute atomic E-state index is 0.0110. The van der Waals surface area contributed by atoms with E-state index in [4.69, 9.17) is 10.00 Å². The first-order valence-corrected chi connectivity index (χ1v) is 7.82. The number of hydrogen-bond acceptors (Lipinski definition) is 3. The fourth-order valence-corrected chi connectivity index (χ4v) is 2.88. The number of carbonyl (C=O) groups is 1. The van der Waals surface area contributed by atoms with Gasteiger partial charge in [0.15, 0.2) is 0 Å². The number of nitrogens with zero attached hydrogens (tertiary/aromatic N) is 2. The van der Waals surface area contributed by atoms with Crippen LogP contribution in [0.25, 0.3) is 0 Å². The summed E-state index contributed by atoms with van der Waals surface area (Å²) in [6.07, 6.45) is 1.95. The van der Waals surface area contributed by atoms with Crippen LogP contribution >= 0.6 is 0 Å². The minimum Gasteiger partial charge on any atom is -0.444 e. The minimum atomic E-state index is -0.498. The van der Waals surface area contributed by atoms with Crippen LogP contribution in [0, 0.1) is 17.2 Å². The van der Waals surface area contributed by atoms with E-state index in [1.54, 1.807) is 0 Å². The van der Waals surface area contributed by atoms with Crippen molar-refractivity contribution in [3.8, 4) is 6.07 Å². The van der Waals surface area contributed by atoms with Crippen molar-refractivity contribution in [2.45, 2.75) is 51.7 Å². The van der Waals surface area contributed by atoms with E-state index in [2.05, 4.69) is 6.07 Å². The van der Waals surface area contributed by atoms with Crippen molar-refractivity contribution in [1.82, 2.24) is 4.90 Å². The molecule has 1 aliphatic heterocycles. The molecule has 4 heteroatoms. The molecule has 1 aliphatic rings. The van der Waals surface area contributed by atoms with Crippen molar-refractivity contribution >= 4 is 6.09 Å². The predicted molar refractivity (Wildman–Crippen MR) is 85.1 cm³/mol. The number of likely N-dealkylation sites (tertiary alicyclic amines) is 1. The molecule has 1 heterocycles. The Bertz CT molecular complexity index is 542. The van der Waals surface area contributed by atoms with E-state index in [1.807, 2.05) is 56.0 Å². The molecular formula is C18H24N2O2. The van der Waals surface area contributed by atoms with Crippen LogP contribution in [0.3, 0.4) is 0 Å². The smallest absolute Gasteiger partial charge is 0.410 e. The van der Waals surface area contributed by atoms with Gasteiger partial charge in [0, 0.05) is 13.0 Å². The lowest BCUT2D eigenvalue weighted by Gasteiger charge is -2.39. The Morgan fingerprint density at radius 1 is 1.36 bits per heavy atom. The van der Waals surface area contributed by atoms with Gasteiger partial charge in [-0.2, -0.15) is 5.26 Å². The maximum atomic E-state index is 12.5. The normalized spacial score (nSPS) is 22.0. The monoisotopic (exact) mass is 300 g/mol. The molecule has 118 valence electrons. The van der Waals surface area contributed by atoms with Gasteiger partial charge in [-0.25, -0.2) is 4.79 Å². The molecule has 1 amide bonds. The summed E-state index contributed by atoms with van der Waals surface area (Å²) in [5.41, 5.74) is 0.609. The van der Waals surface area contributed by atoms with Gasteiger partial charge < -0.3 is 9.64 Å². The number of amides is 1. The molecule has 4 nitrogen and oxygen atoms in total. The van der Waals surface area contributed by atoms with Gasteiger partial charge in [0.05, 0.1) is 12.1 Å². The molecule has 1 aromatic rings. The quantitative estimate of drug-likeness (QED) is 0.818. The molecule has 0 aromatic heterocycles. The molecule has 0 saturated carbocycles. The number of nitriles is 1. The Morgan fingerprint density at radius 2 is 2.05 bits per heavy atom. The second-order valence-corrected chi connectivity index (χ2v) is 6.85. The Hall–Kier alpha value is -2.02. The van der Waals surface area contributed by atoms with Gasteiger partial charge in [0.2, 0.25) is 0 Å². The van der Waals surface area contributed by atoms with Crippen LogP contribution in [0.5, 0.6) is 0 Å². The van der Waals surface area contributed by atoms with Gasteiger partial charge in [0.1, 0.15) is 5.60 Å². The highest BCUT2D eigenvalue weighted by Gasteiger charge is 2.34. The average Bonchev–Trinajstić information content (AvgIpc) is 2.46. The zero-order valence-electron chi connectivity index (χ0n) is 13.6. The number of hydrogen-bond donors (Lipinski definition) is 0. The van der Waals surface area contributed by atoms with E-state index in [0.29, 0.717) is 18.9 Å². The van der Waals surface area contributed by atoms with Crippen LogP contribution in [0.1, 0.15) is 51.6 Å². The summed E-state index contributed by atoms with van der Waals surface area (Å²) in [4.78, 5) is 14.3. The lowest BCUT2D eigenvalue weighted by Crippen LogP contribution is -2.43. The largest absolute Gasteiger partial charge is 0.444 e. The second kappa shape index (κ2) is 6.83. The summed E-state index contributed by atoms with van der Waals surface area (Å²) >= 11 is 0. The number of carbonyl (C=O) groups excluding carboxylic acids is 1. The van der Waals surface area contributed by atoms with Crippen LogP contribution in [0.2, 0.25) is 0 Å². The fraction of sp³-hybridized carbons (Fsp3) is 0.556. The average molecular weight is 300 g/mol. The zero-order valence-corrected chi connectivity index (χ0v) is 13.6. The van der Waals surface area contributed by atoms with Gasteiger partial charge in [-0.15, -0.1) is 0 Å². The van der Waals surface area contributed by atoms with Crippen molar-refractivity contribution in [2.75, 3.05) is 6.54 Å². The summed E-state index contributed by atoms with van der Waals surface area (Å²) in [6.45, 7) is 6.28. The molecule has 2 unspecified atom stereocenters. The number of piperidine rings is 1. The highest BCUT2D eigenvalue weighted by atomic mass is 16.6. The first-order chi connectivity index (χ1) is 10.4. The topological polar surface area (TPSA) is 53.3 Å². The van der Waals surface area contributed by atoms with Crippen molar-refractivity contribution < 1.29 is 9.53 Å². The van der Waals surface area contributed by atoms with Crippen molar-refractivity contribution in [3.05, 3.63) is 35.9 Å². The van der Waals surface area contributed by atoms with E-state index in [0.717, 1.165) is 18.4 Å². The first kappa shape index (κ1) is 16.4. The summed E-state index contributed by atoms with van der Waals surface area (Å²) in [5.74, 6) is 0.342. The summed E-state index contributed by atoms with van der Waals surface area (Å²) in [7, 11) is 0. The molecule has 1 saturated heterocycles. The lowest BCUT2D eigenvalue weighted by atomic mass is 9.86. The number of ether oxygens (including phenoxy) is 1. The Morgan fingerprint density at radius 3 is 2.64 bits per heavy atom. The highest BCUT2D eigenvalue weighted by Crippen LogP contribution is 2.36. The van der Waals surface area contributed by atoms with Gasteiger partial charge in [0.25, 0.3) is 0 Å². The highest BCUT2D eigenvalue weighted by molar-refractivity contribution is 5.69. The number of benzene rings is 1. The fourth-order valence-electron chi connectivity index (χ4n) is 2.88. The predicted octanol–water partition coefficient (Wildman–Crippen LogP) is 4.29. The van der Waals surface area contributed by atoms with Crippen LogP contribution in [0.4, 0.5) is 4.79 Å². The van der Waals surface area contributed by atoms with E-state index in [1.165, 1.54) is 0 Å². The lowest BCUT2D eigenvalue weighted by molar-refractivity contribution is 0.00440. The van der Waals surface area contributed by atoms with Gasteiger partial charge in [-0.1, -0.05) is 30.3 Å². The van der Waals surface area contributed by atoms with Crippen molar-refractivity contribution in [3.63, 3.8) is 0 Å². The van der Waals surface area contributed by atoms with E-state index in [-0.39, 0.29) is 12.1 Å². The second-order valence-electron chi connectivity index (χ2n) is 6.85. The van der Waals surface area contributed by atoms with E-state index < -0.39 is 5.60 Å². The standard InChI is InChI=1S/C18H24N2O2/c1-18(2,3)22-17(21)20-12-10-14(9-11-19)13-16(20)15-7-5-4-6-8-15/h4-8,14,16H,9-10,12-13H2,1-3H3. The molecule has 2 atom stereocenters. The van der Waals surface area contributed by atoms with Gasteiger partial charge in [-0.3, -0.25) is 0 Å². The van der Waals surface area contributed by atoms with Crippen LogP contribution in [0.15, 0.2) is 30.3 Å². The maximum absolute atomic E-state index is 12.5. The molecule has 22 heavy (non-hydrogen) atoms. The van der Waals surface area contributed by atoms with Crippen LogP contribution in [-0.2, 0) is 4.74 Å². The molecule has 0 bridgehead atoms. The molecule has 0 spiro atoms.